The van der Waals surface area contributed by atoms with Crippen LogP contribution in [-0.4, -0.2) is 37.0 Å². The van der Waals surface area contributed by atoms with Gasteiger partial charge in [-0.3, -0.25) is 4.79 Å². The quantitative estimate of drug-likeness (QED) is 0.678. The Morgan fingerprint density at radius 2 is 2.15 bits per heavy atom. The Bertz CT molecular complexity index is 223. The number of likely N-dealkylation sites (tertiary alicyclic amines) is 1. The van der Waals surface area contributed by atoms with Gasteiger partial charge in [-0.1, -0.05) is 0 Å². The molecule has 1 aliphatic carbocycles. The summed E-state index contributed by atoms with van der Waals surface area (Å²) < 4.78 is 0. The van der Waals surface area contributed by atoms with Gasteiger partial charge in [-0.2, -0.15) is 0 Å². The van der Waals surface area contributed by atoms with Gasteiger partial charge in [0.25, 0.3) is 0 Å². The molecule has 74 valence electrons. The Kier molecular flexibility index (Phi) is 2.06. The van der Waals surface area contributed by atoms with Crippen molar-refractivity contribution in [2.75, 3.05) is 20.1 Å². The fourth-order valence-electron chi connectivity index (χ4n) is 2.11. The number of carbonyl (C=O) groups excluding carboxylic acids is 1. The summed E-state index contributed by atoms with van der Waals surface area (Å²) in [5.41, 5.74) is 0.559. The number of hydrogen-bond acceptors (Lipinski definition) is 2. The lowest BCUT2D eigenvalue weighted by Gasteiger charge is -2.20. The minimum atomic E-state index is -0.0195. The van der Waals surface area contributed by atoms with E-state index in [9.17, 15) is 4.79 Å². The van der Waals surface area contributed by atoms with Gasteiger partial charge in [0.1, 0.15) is 0 Å². The second-order valence-electron chi connectivity index (χ2n) is 4.52. The van der Waals surface area contributed by atoms with Gasteiger partial charge >= 0.3 is 0 Å². The lowest BCUT2D eigenvalue weighted by atomic mass is 10.1. The van der Waals surface area contributed by atoms with Crippen molar-refractivity contribution >= 4 is 5.91 Å². The second-order valence-corrected chi connectivity index (χ2v) is 4.52. The zero-order valence-corrected chi connectivity index (χ0v) is 8.47. The van der Waals surface area contributed by atoms with Crippen LogP contribution >= 0.6 is 0 Å². The fourth-order valence-corrected chi connectivity index (χ4v) is 2.11. The molecule has 1 spiro atoms. The van der Waals surface area contributed by atoms with Gasteiger partial charge in [-0.25, -0.2) is 0 Å². The molecule has 0 bridgehead atoms. The number of carbonyl (C=O) groups is 1. The van der Waals surface area contributed by atoms with Crippen LogP contribution in [-0.2, 0) is 4.79 Å². The molecular formula is C10H18N2O. The first-order chi connectivity index (χ1) is 6.17. The van der Waals surface area contributed by atoms with Crippen molar-refractivity contribution in [2.45, 2.75) is 32.2 Å². The van der Waals surface area contributed by atoms with E-state index in [4.69, 9.17) is 0 Å². The summed E-state index contributed by atoms with van der Waals surface area (Å²) in [7, 11) is 1.84. The first-order valence-electron chi connectivity index (χ1n) is 5.13. The lowest BCUT2D eigenvalue weighted by molar-refractivity contribution is -0.132. The van der Waals surface area contributed by atoms with E-state index >= 15 is 0 Å². The number of nitrogens with zero attached hydrogens (tertiary/aromatic N) is 1. The Labute approximate surface area is 79.5 Å². The highest BCUT2D eigenvalue weighted by molar-refractivity contribution is 5.81. The molecular weight excluding hydrogens is 164 g/mol. The number of rotatable bonds is 2. The van der Waals surface area contributed by atoms with E-state index in [1.54, 1.807) is 0 Å². The molecule has 2 rings (SSSR count). The summed E-state index contributed by atoms with van der Waals surface area (Å²) >= 11 is 0. The Hall–Kier alpha value is -0.570. The van der Waals surface area contributed by atoms with E-state index in [0.717, 1.165) is 13.1 Å². The van der Waals surface area contributed by atoms with E-state index < -0.39 is 0 Å². The van der Waals surface area contributed by atoms with Gasteiger partial charge in [-0.15, -0.1) is 0 Å². The standard InChI is InChI=1S/C10H18N2O/c1-8(11-2)9(13)12-6-5-10(7-12)3-4-10/h8,11H,3-7H2,1-2H3. The Balaban J connectivity index is 1.91. The maximum absolute atomic E-state index is 11.8. The molecule has 1 aliphatic heterocycles. The highest BCUT2D eigenvalue weighted by Gasteiger charge is 2.48. The van der Waals surface area contributed by atoms with Crippen LogP contribution in [0, 0.1) is 5.41 Å². The van der Waals surface area contributed by atoms with Crippen molar-refractivity contribution in [3.8, 4) is 0 Å². The molecule has 0 aromatic rings. The summed E-state index contributed by atoms with van der Waals surface area (Å²) in [5, 5.41) is 3.00. The summed E-state index contributed by atoms with van der Waals surface area (Å²) in [6.07, 6.45) is 3.91. The molecule has 1 unspecified atom stereocenters. The van der Waals surface area contributed by atoms with Crippen LogP contribution in [0.3, 0.4) is 0 Å². The van der Waals surface area contributed by atoms with Crippen molar-refractivity contribution in [1.82, 2.24) is 10.2 Å². The first kappa shape index (κ1) is 9.00. The average molecular weight is 182 g/mol. The molecule has 3 nitrogen and oxygen atoms in total. The number of amides is 1. The fraction of sp³-hybridized carbons (Fsp3) is 0.900. The third-order valence-electron chi connectivity index (χ3n) is 3.51. The van der Waals surface area contributed by atoms with Crippen molar-refractivity contribution in [1.29, 1.82) is 0 Å². The van der Waals surface area contributed by atoms with Crippen LogP contribution in [0.1, 0.15) is 26.2 Å². The third-order valence-corrected chi connectivity index (χ3v) is 3.51. The zero-order valence-electron chi connectivity index (χ0n) is 8.47. The predicted octanol–water partition coefficient (Wildman–Crippen LogP) is 0.607. The molecule has 2 fully saturated rings. The number of nitrogens with one attached hydrogen (secondary N) is 1. The molecule has 13 heavy (non-hydrogen) atoms. The Morgan fingerprint density at radius 1 is 1.46 bits per heavy atom. The van der Waals surface area contributed by atoms with Crippen molar-refractivity contribution in [3.63, 3.8) is 0 Å². The maximum Gasteiger partial charge on any atom is 0.239 e. The summed E-state index contributed by atoms with van der Waals surface area (Å²) in [4.78, 5) is 13.8. The van der Waals surface area contributed by atoms with E-state index in [1.807, 2.05) is 18.9 Å². The summed E-state index contributed by atoms with van der Waals surface area (Å²) in [6.45, 7) is 3.92. The van der Waals surface area contributed by atoms with Gasteiger partial charge in [0, 0.05) is 13.1 Å². The van der Waals surface area contributed by atoms with Gasteiger partial charge < -0.3 is 10.2 Å². The van der Waals surface area contributed by atoms with Crippen molar-refractivity contribution in [3.05, 3.63) is 0 Å². The van der Waals surface area contributed by atoms with Gasteiger partial charge in [0.05, 0.1) is 6.04 Å². The molecule has 1 atom stereocenters. The van der Waals surface area contributed by atoms with Crippen LogP contribution < -0.4 is 5.32 Å². The molecule has 2 aliphatic rings. The normalized spacial score (nSPS) is 26.5. The molecule has 1 amide bonds. The smallest absolute Gasteiger partial charge is 0.239 e. The lowest BCUT2D eigenvalue weighted by Crippen LogP contribution is -2.42. The predicted molar refractivity (Wildman–Crippen MR) is 51.4 cm³/mol. The molecule has 3 heteroatoms. The van der Waals surface area contributed by atoms with Crippen molar-refractivity contribution < 1.29 is 4.79 Å². The molecule has 1 N–H and O–H groups in total. The third kappa shape index (κ3) is 1.57. The molecule has 0 radical (unpaired) electrons. The van der Waals surface area contributed by atoms with E-state index in [1.165, 1.54) is 19.3 Å². The van der Waals surface area contributed by atoms with Crippen LogP contribution in [0.25, 0.3) is 0 Å². The average Bonchev–Trinajstić information content (AvgIpc) is 2.74. The topological polar surface area (TPSA) is 32.3 Å². The highest BCUT2D eigenvalue weighted by atomic mass is 16.2. The van der Waals surface area contributed by atoms with Gasteiger partial charge in [0.2, 0.25) is 5.91 Å². The largest absolute Gasteiger partial charge is 0.341 e. The van der Waals surface area contributed by atoms with Gasteiger partial charge in [0.15, 0.2) is 0 Å². The van der Waals surface area contributed by atoms with Crippen LogP contribution in [0.15, 0.2) is 0 Å². The van der Waals surface area contributed by atoms with Crippen LogP contribution in [0.2, 0.25) is 0 Å². The molecule has 1 saturated heterocycles. The molecule has 1 heterocycles. The van der Waals surface area contributed by atoms with Crippen LogP contribution in [0.4, 0.5) is 0 Å². The van der Waals surface area contributed by atoms with E-state index in [0.29, 0.717) is 5.41 Å². The monoisotopic (exact) mass is 182 g/mol. The van der Waals surface area contributed by atoms with E-state index in [2.05, 4.69) is 5.32 Å². The Morgan fingerprint density at radius 3 is 2.62 bits per heavy atom. The first-order valence-corrected chi connectivity index (χ1v) is 5.13. The highest BCUT2D eigenvalue weighted by Crippen LogP contribution is 2.52. The van der Waals surface area contributed by atoms with Crippen molar-refractivity contribution in [2.24, 2.45) is 5.41 Å². The number of hydrogen-bond donors (Lipinski definition) is 1. The zero-order chi connectivity index (χ0) is 9.47. The molecule has 0 aromatic heterocycles. The van der Waals surface area contributed by atoms with Gasteiger partial charge in [-0.05, 0) is 38.6 Å². The maximum atomic E-state index is 11.8. The minimum absolute atomic E-state index is 0.0195. The number of likely N-dealkylation sites (N-methyl/N-ethyl adjacent to an activating group) is 1. The summed E-state index contributed by atoms with van der Waals surface area (Å²) in [5.74, 6) is 0.270. The molecule has 1 saturated carbocycles. The molecule has 0 aromatic carbocycles. The minimum Gasteiger partial charge on any atom is -0.341 e. The second kappa shape index (κ2) is 2.98. The van der Waals surface area contributed by atoms with E-state index in [-0.39, 0.29) is 11.9 Å². The summed E-state index contributed by atoms with van der Waals surface area (Å²) in [6, 6.07) is -0.0195. The van der Waals surface area contributed by atoms with Crippen LogP contribution in [0.5, 0.6) is 0 Å². The SMILES string of the molecule is CNC(C)C(=O)N1CCC2(CC2)C1.